The molecule has 0 bridgehead atoms. The quantitative estimate of drug-likeness (QED) is 0.926. The van der Waals surface area contributed by atoms with Crippen molar-refractivity contribution in [3.8, 4) is 0 Å². The number of piperidine rings is 1. The molecule has 2 nitrogen and oxygen atoms in total. The van der Waals surface area contributed by atoms with Crippen LogP contribution in [0.5, 0.6) is 0 Å². The summed E-state index contributed by atoms with van der Waals surface area (Å²) >= 11 is 0. The fourth-order valence-corrected chi connectivity index (χ4v) is 2.92. The maximum atomic E-state index is 13.4. The molecule has 1 heterocycles. The zero-order chi connectivity index (χ0) is 15.4. The van der Waals surface area contributed by atoms with E-state index in [9.17, 15) is 8.78 Å². The molecule has 2 aromatic rings. The van der Waals surface area contributed by atoms with E-state index >= 15 is 0 Å². The Kier molecular flexibility index (Phi) is 4.68. The van der Waals surface area contributed by atoms with Gasteiger partial charge in [-0.3, -0.25) is 0 Å². The predicted molar refractivity (Wildman–Crippen MR) is 84.9 cm³/mol. The van der Waals surface area contributed by atoms with E-state index in [0.717, 1.165) is 38.2 Å². The van der Waals surface area contributed by atoms with Gasteiger partial charge in [-0.1, -0.05) is 30.3 Å². The standard InChI is InChI=1S/C18H20F2N2/c19-17-9-8-16(11-18(17)20)22-10-4-7-15(13-22)21-12-14-5-2-1-3-6-14/h1-3,5-6,8-9,11,15,21H,4,7,10,12-13H2. The van der Waals surface area contributed by atoms with Gasteiger partial charge in [0.1, 0.15) is 0 Å². The van der Waals surface area contributed by atoms with Crippen molar-refractivity contribution in [1.82, 2.24) is 5.32 Å². The van der Waals surface area contributed by atoms with Crippen LogP contribution in [0.2, 0.25) is 0 Å². The van der Waals surface area contributed by atoms with Gasteiger partial charge in [0.25, 0.3) is 0 Å². The van der Waals surface area contributed by atoms with Crippen LogP contribution in [0.1, 0.15) is 18.4 Å². The molecule has 1 unspecified atom stereocenters. The van der Waals surface area contributed by atoms with E-state index in [1.54, 1.807) is 6.07 Å². The Morgan fingerprint density at radius 1 is 1.05 bits per heavy atom. The monoisotopic (exact) mass is 302 g/mol. The van der Waals surface area contributed by atoms with Crippen LogP contribution in [0.4, 0.5) is 14.5 Å². The van der Waals surface area contributed by atoms with Crippen LogP contribution in [0.15, 0.2) is 48.5 Å². The Balaban J connectivity index is 1.60. The molecule has 116 valence electrons. The molecule has 1 aliphatic heterocycles. The zero-order valence-corrected chi connectivity index (χ0v) is 12.4. The molecule has 0 amide bonds. The van der Waals surface area contributed by atoms with Gasteiger partial charge in [-0.05, 0) is 30.5 Å². The van der Waals surface area contributed by atoms with Gasteiger partial charge in [0.2, 0.25) is 0 Å². The molecule has 0 spiro atoms. The summed E-state index contributed by atoms with van der Waals surface area (Å²) in [6.45, 7) is 2.53. The molecular formula is C18H20F2N2. The maximum absolute atomic E-state index is 13.4. The zero-order valence-electron chi connectivity index (χ0n) is 12.4. The highest BCUT2D eigenvalue weighted by Gasteiger charge is 2.20. The third-order valence-electron chi connectivity index (χ3n) is 4.13. The fourth-order valence-electron chi connectivity index (χ4n) is 2.92. The Morgan fingerprint density at radius 3 is 2.64 bits per heavy atom. The summed E-state index contributed by atoms with van der Waals surface area (Å²) in [5.74, 6) is -1.57. The van der Waals surface area contributed by atoms with E-state index in [-0.39, 0.29) is 0 Å². The molecule has 4 heteroatoms. The van der Waals surface area contributed by atoms with Crippen molar-refractivity contribution < 1.29 is 8.78 Å². The van der Waals surface area contributed by atoms with Gasteiger partial charge in [0.05, 0.1) is 0 Å². The lowest BCUT2D eigenvalue weighted by molar-refractivity contribution is 0.421. The maximum Gasteiger partial charge on any atom is 0.160 e. The van der Waals surface area contributed by atoms with E-state index in [2.05, 4.69) is 22.3 Å². The SMILES string of the molecule is Fc1ccc(N2CCCC(NCc3ccccc3)C2)cc1F. The van der Waals surface area contributed by atoms with Crippen LogP contribution >= 0.6 is 0 Å². The Labute approximate surface area is 129 Å². The van der Waals surface area contributed by atoms with E-state index in [1.807, 2.05) is 18.2 Å². The number of benzene rings is 2. The van der Waals surface area contributed by atoms with Gasteiger partial charge in [-0.25, -0.2) is 8.78 Å². The van der Waals surface area contributed by atoms with Crippen LogP contribution in [0, 0.1) is 11.6 Å². The number of nitrogens with one attached hydrogen (secondary N) is 1. The molecule has 1 N–H and O–H groups in total. The van der Waals surface area contributed by atoms with Gasteiger partial charge in [-0.2, -0.15) is 0 Å². The molecule has 1 atom stereocenters. The number of nitrogens with zero attached hydrogens (tertiary/aromatic N) is 1. The first-order chi connectivity index (χ1) is 10.7. The summed E-state index contributed by atoms with van der Waals surface area (Å²) in [6.07, 6.45) is 2.15. The van der Waals surface area contributed by atoms with E-state index in [1.165, 1.54) is 17.7 Å². The van der Waals surface area contributed by atoms with Gasteiger partial charge in [-0.15, -0.1) is 0 Å². The molecule has 0 radical (unpaired) electrons. The Hall–Kier alpha value is -1.94. The third kappa shape index (κ3) is 3.63. The number of hydrogen-bond acceptors (Lipinski definition) is 2. The average molecular weight is 302 g/mol. The highest BCUT2D eigenvalue weighted by molar-refractivity contribution is 5.47. The number of rotatable bonds is 4. The molecule has 1 saturated heterocycles. The lowest BCUT2D eigenvalue weighted by Crippen LogP contribution is -2.45. The van der Waals surface area contributed by atoms with Crippen molar-refractivity contribution in [2.75, 3.05) is 18.0 Å². The van der Waals surface area contributed by atoms with Crippen molar-refractivity contribution >= 4 is 5.69 Å². The summed E-state index contributed by atoms with van der Waals surface area (Å²) in [5.41, 5.74) is 2.01. The van der Waals surface area contributed by atoms with Crippen molar-refractivity contribution in [1.29, 1.82) is 0 Å². The minimum Gasteiger partial charge on any atom is -0.370 e. The molecular weight excluding hydrogens is 282 g/mol. The Bertz CT molecular complexity index is 616. The summed E-state index contributed by atoms with van der Waals surface area (Å²) in [5, 5.41) is 3.55. The largest absolute Gasteiger partial charge is 0.370 e. The minimum absolute atomic E-state index is 0.363. The Morgan fingerprint density at radius 2 is 1.86 bits per heavy atom. The van der Waals surface area contributed by atoms with E-state index < -0.39 is 11.6 Å². The van der Waals surface area contributed by atoms with Gasteiger partial charge >= 0.3 is 0 Å². The minimum atomic E-state index is -0.792. The second kappa shape index (κ2) is 6.88. The van der Waals surface area contributed by atoms with Gasteiger partial charge in [0, 0.05) is 37.4 Å². The van der Waals surface area contributed by atoms with E-state index in [4.69, 9.17) is 0 Å². The smallest absolute Gasteiger partial charge is 0.160 e. The first kappa shape index (κ1) is 15.0. The molecule has 0 aromatic heterocycles. The number of hydrogen-bond donors (Lipinski definition) is 1. The highest BCUT2D eigenvalue weighted by atomic mass is 19.2. The molecule has 1 aliphatic rings. The first-order valence-corrected chi connectivity index (χ1v) is 7.70. The predicted octanol–water partition coefficient (Wildman–Crippen LogP) is 3.72. The van der Waals surface area contributed by atoms with Crippen LogP contribution in [-0.2, 0) is 6.54 Å². The molecule has 0 saturated carbocycles. The van der Waals surface area contributed by atoms with Crippen molar-refractivity contribution in [2.24, 2.45) is 0 Å². The van der Waals surface area contributed by atoms with Crippen LogP contribution < -0.4 is 10.2 Å². The fraction of sp³-hybridized carbons (Fsp3) is 0.333. The normalized spacial score (nSPS) is 18.5. The topological polar surface area (TPSA) is 15.3 Å². The van der Waals surface area contributed by atoms with E-state index in [0.29, 0.717) is 6.04 Å². The van der Waals surface area contributed by atoms with Crippen molar-refractivity contribution in [3.05, 3.63) is 65.7 Å². The number of halogens is 2. The molecule has 0 aliphatic carbocycles. The summed E-state index contributed by atoms with van der Waals surface area (Å²) in [4.78, 5) is 2.12. The third-order valence-corrected chi connectivity index (χ3v) is 4.13. The molecule has 2 aromatic carbocycles. The highest BCUT2D eigenvalue weighted by Crippen LogP contribution is 2.22. The van der Waals surface area contributed by atoms with Gasteiger partial charge < -0.3 is 10.2 Å². The lowest BCUT2D eigenvalue weighted by Gasteiger charge is -2.35. The lowest BCUT2D eigenvalue weighted by atomic mass is 10.0. The molecule has 3 rings (SSSR count). The first-order valence-electron chi connectivity index (χ1n) is 7.70. The number of anilines is 1. The van der Waals surface area contributed by atoms with Crippen LogP contribution in [-0.4, -0.2) is 19.1 Å². The molecule has 1 fully saturated rings. The average Bonchev–Trinajstić information content (AvgIpc) is 2.57. The van der Waals surface area contributed by atoms with Crippen molar-refractivity contribution in [2.45, 2.75) is 25.4 Å². The second-order valence-electron chi connectivity index (χ2n) is 5.75. The molecule has 22 heavy (non-hydrogen) atoms. The van der Waals surface area contributed by atoms with Crippen molar-refractivity contribution in [3.63, 3.8) is 0 Å². The summed E-state index contributed by atoms with van der Waals surface area (Å²) in [6, 6.07) is 14.8. The van der Waals surface area contributed by atoms with Crippen LogP contribution in [0.25, 0.3) is 0 Å². The van der Waals surface area contributed by atoms with Gasteiger partial charge in [0.15, 0.2) is 11.6 Å². The summed E-state index contributed by atoms with van der Waals surface area (Å²) in [7, 11) is 0. The van der Waals surface area contributed by atoms with Crippen LogP contribution in [0.3, 0.4) is 0 Å². The second-order valence-corrected chi connectivity index (χ2v) is 5.75. The summed E-state index contributed by atoms with van der Waals surface area (Å²) < 4.78 is 26.4.